The summed E-state index contributed by atoms with van der Waals surface area (Å²) in [6, 6.07) is 12.1. The molecule has 2 aromatic rings. The highest BCUT2D eigenvalue weighted by atomic mass is 32.2. The zero-order valence-electron chi connectivity index (χ0n) is 16.5. The standard InChI is InChI=1S/C21H23FN2O5S/c1-29-21(26)17-7-3-5-9-19(17)30(27,28)24-12-10-15(11-13-24)20(25)23-14-16-6-2-4-8-18(16)22/h2-9,15H,10-14H2,1H3,(H,23,25). The van der Waals surface area contributed by atoms with E-state index in [9.17, 15) is 22.4 Å². The first-order valence-electron chi connectivity index (χ1n) is 9.53. The lowest BCUT2D eigenvalue weighted by atomic mass is 9.97. The molecule has 1 fully saturated rings. The quantitative estimate of drug-likeness (QED) is 0.705. The van der Waals surface area contributed by atoms with Gasteiger partial charge in [-0.1, -0.05) is 30.3 Å². The number of nitrogens with one attached hydrogen (secondary N) is 1. The summed E-state index contributed by atoms with van der Waals surface area (Å²) in [5.41, 5.74) is 0.370. The molecule has 0 unspecified atom stereocenters. The van der Waals surface area contributed by atoms with E-state index in [2.05, 4.69) is 10.1 Å². The van der Waals surface area contributed by atoms with Gasteiger partial charge in [0.25, 0.3) is 0 Å². The molecule has 1 amide bonds. The van der Waals surface area contributed by atoms with Crippen molar-refractivity contribution in [2.45, 2.75) is 24.3 Å². The Morgan fingerprint density at radius 1 is 1.10 bits per heavy atom. The van der Waals surface area contributed by atoms with Crippen molar-refractivity contribution in [3.63, 3.8) is 0 Å². The second-order valence-electron chi connectivity index (χ2n) is 6.98. The van der Waals surface area contributed by atoms with Crippen LogP contribution in [0.5, 0.6) is 0 Å². The van der Waals surface area contributed by atoms with Crippen LogP contribution in [0.25, 0.3) is 0 Å². The van der Waals surface area contributed by atoms with Gasteiger partial charge in [0.15, 0.2) is 0 Å². The minimum absolute atomic E-state index is 0.0234. The molecule has 0 aliphatic carbocycles. The van der Waals surface area contributed by atoms with Crippen molar-refractivity contribution in [3.8, 4) is 0 Å². The highest BCUT2D eigenvalue weighted by Gasteiger charge is 2.34. The maximum Gasteiger partial charge on any atom is 0.339 e. The second kappa shape index (κ2) is 9.36. The number of amides is 1. The van der Waals surface area contributed by atoms with Crippen molar-refractivity contribution >= 4 is 21.9 Å². The van der Waals surface area contributed by atoms with E-state index in [0.717, 1.165) is 0 Å². The van der Waals surface area contributed by atoms with Gasteiger partial charge in [-0.05, 0) is 31.0 Å². The van der Waals surface area contributed by atoms with Gasteiger partial charge in [-0.2, -0.15) is 4.31 Å². The van der Waals surface area contributed by atoms with Crippen molar-refractivity contribution < 1.29 is 27.1 Å². The van der Waals surface area contributed by atoms with Crippen LogP contribution in [0.1, 0.15) is 28.8 Å². The van der Waals surface area contributed by atoms with E-state index in [1.807, 2.05) is 0 Å². The third kappa shape index (κ3) is 4.68. The number of nitrogens with zero attached hydrogens (tertiary/aromatic N) is 1. The van der Waals surface area contributed by atoms with Crippen molar-refractivity contribution in [1.82, 2.24) is 9.62 Å². The lowest BCUT2D eigenvalue weighted by Crippen LogP contribution is -2.43. The Hall–Kier alpha value is -2.78. The van der Waals surface area contributed by atoms with Crippen molar-refractivity contribution in [3.05, 3.63) is 65.5 Å². The molecule has 1 saturated heterocycles. The zero-order chi connectivity index (χ0) is 21.7. The summed E-state index contributed by atoms with van der Waals surface area (Å²) in [6.07, 6.45) is 0.672. The maximum absolute atomic E-state index is 13.7. The number of sulfonamides is 1. The van der Waals surface area contributed by atoms with Crippen molar-refractivity contribution in [2.75, 3.05) is 20.2 Å². The lowest BCUT2D eigenvalue weighted by molar-refractivity contribution is -0.126. The van der Waals surface area contributed by atoms with Gasteiger partial charge in [-0.3, -0.25) is 4.79 Å². The monoisotopic (exact) mass is 434 g/mol. The summed E-state index contributed by atoms with van der Waals surface area (Å²) in [6.45, 7) is 0.377. The third-order valence-electron chi connectivity index (χ3n) is 5.15. The summed E-state index contributed by atoms with van der Waals surface area (Å²) in [5, 5.41) is 2.72. The molecule has 1 heterocycles. The lowest BCUT2D eigenvalue weighted by Gasteiger charge is -2.31. The van der Waals surface area contributed by atoms with Crippen molar-refractivity contribution in [1.29, 1.82) is 0 Å². The van der Waals surface area contributed by atoms with Gasteiger partial charge >= 0.3 is 5.97 Å². The van der Waals surface area contributed by atoms with Crippen LogP contribution >= 0.6 is 0 Å². The number of hydrogen-bond acceptors (Lipinski definition) is 5. The number of benzene rings is 2. The zero-order valence-corrected chi connectivity index (χ0v) is 17.3. The highest BCUT2D eigenvalue weighted by molar-refractivity contribution is 7.89. The summed E-state index contributed by atoms with van der Waals surface area (Å²) >= 11 is 0. The van der Waals surface area contributed by atoms with Gasteiger partial charge in [0, 0.05) is 31.1 Å². The molecule has 1 aliphatic rings. The van der Waals surface area contributed by atoms with Crippen LogP contribution in [-0.2, 0) is 26.1 Å². The van der Waals surface area contributed by atoms with Gasteiger partial charge in [0.2, 0.25) is 15.9 Å². The Bertz CT molecular complexity index is 1030. The summed E-state index contributed by atoms with van der Waals surface area (Å²) in [7, 11) is -2.71. The van der Waals surface area contributed by atoms with Crippen LogP contribution in [0.4, 0.5) is 4.39 Å². The van der Waals surface area contributed by atoms with Gasteiger partial charge in [0.05, 0.1) is 17.6 Å². The first-order valence-corrected chi connectivity index (χ1v) is 11.0. The molecule has 0 radical (unpaired) electrons. The number of esters is 1. The second-order valence-corrected chi connectivity index (χ2v) is 8.88. The topological polar surface area (TPSA) is 92.8 Å². The average Bonchev–Trinajstić information content (AvgIpc) is 2.78. The molecule has 2 aromatic carbocycles. The van der Waals surface area contributed by atoms with Crippen LogP contribution < -0.4 is 5.32 Å². The first kappa shape index (κ1) is 21.9. The van der Waals surface area contributed by atoms with Crippen LogP contribution in [0.3, 0.4) is 0 Å². The van der Waals surface area contributed by atoms with Crippen LogP contribution in [0, 0.1) is 11.7 Å². The molecular weight excluding hydrogens is 411 g/mol. The molecule has 3 rings (SSSR count). The molecule has 1 aliphatic heterocycles. The van der Waals surface area contributed by atoms with Gasteiger partial charge in [-0.25, -0.2) is 17.6 Å². The predicted molar refractivity (Wildman–Crippen MR) is 108 cm³/mol. The Morgan fingerprint density at radius 3 is 2.40 bits per heavy atom. The molecule has 7 nitrogen and oxygen atoms in total. The number of methoxy groups -OCH3 is 1. The molecule has 0 bridgehead atoms. The largest absolute Gasteiger partial charge is 0.465 e. The van der Waals surface area contributed by atoms with E-state index in [1.54, 1.807) is 30.3 Å². The minimum atomic E-state index is -3.91. The summed E-state index contributed by atoms with van der Waals surface area (Å²) in [4.78, 5) is 24.2. The number of carbonyl (C=O) groups is 2. The molecule has 0 aromatic heterocycles. The van der Waals surface area contributed by atoms with E-state index in [0.29, 0.717) is 18.4 Å². The van der Waals surface area contributed by atoms with Crippen molar-refractivity contribution in [2.24, 2.45) is 5.92 Å². The number of hydrogen-bond donors (Lipinski definition) is 1. The molecule has 0 saturated carbocycles. The fourth-order valence-corrected chi connectivity index (χ4v) is 5.09. The molecule has 0 spiro atoms. The normalized spacial score (nSPS) is 15.5. The molecule has 0 atom stereocenters. The van der Waals surface area contributed by atoms with E-state index in [4.69, 9.17) is 0 Å². The number of halogens is 1. The maximum atomic E-state index is 13.7. The van der Waals surface area contributed by atoms with E-state index in [1.165, 1.54) is 29.6 Å². The van der Waals surface area contributed by atoms with Gasteiger partial charge < -0.3 is 10.1 Å². The number of carbonyl (C=O) groups excluding carboxylic acids is 2. The van der Waals surface area contributed by atoms with E-state index in [-0.39, 0.29) is 47.7 Å². The smallest absolute Gasteiger partial charge is 0.339 e. The number of rotatable bonds is 6. The molecule has 1 N–H and O–H groups in total. The first-order chi connectivity index (χ1) is 14.3. The highest BCUT2D eigenvalue weighted by Crippen LogP contribution is 2.26. The van der Waals surface area contributed by atoms with Crippen LogP contribution in [0.15, 0.2) is 53.4 Å². The Labute approximate surface area is 174 Å². The summed E-state index contributed by atoms with van der Waals surface area (Å²) in [5.74, 6) is -1.70. The Balaban J connectivity index is 1.63. The van der Waals surface area contributed by atoms with E-state index < -0.39 is 16.0 Å². The predicted octanol–water partition coefficient (Wildman–Crippen LogP) is 2.33. The number of piperidine rings is 1. The molecule has 9 heteroatoms. The van der Waals surface area contributed by atoms with Crippen LogP contribution in [0.2, 0.25) is 0 Å². The summed E-state index contributed by atoms with van der Waals surface area (Å²) < 4.78 is 45.7. The van der Waals surface area contributed by atoms with Crippen LogP contribution in [-0.4, -0.2) is 44.8 Å². The fourth-order valence-electron chi connectivity index (χ4n) is 3.44. The van der Waals surface area contributed by atoms with Gasteiger partial charge in [-0.15, -0.1) is 0 Å². The Morgan fingerprint density at radius 2 is 1.73 bits per heavy atom. The third-order valence-corrected chi connectivity index (χ3v) is 7.10. The average molecular weight is 434 g/mol. The SMILES string of the molecule is COC(=O)c1ccccc1S(=O)(=O)N1CCC(C(=O)NCc2ccccc2F)CC1. The fraction of sp³-hybridized carbons (Fsp3) is 0.333. The van der Waals surface area contributed by atoms with E-state index >= 15 is 0 Å². The molecule has 30 heavy (non-hydrogen) atoms. The molecule has 160 valence electrons. The molecular formula is C21H23FN2O5S. The number of ether oxygens (including phenoxy) is 1. The Kier molecular flexibility index (Phi) is 6.84. The minimum Gasteiger partial charge on any atom is -0.465 e. The van der Waals surface area contributed by atoms with Gasteiger partial charge in [0.1, 0.15) is 5.82 Å².